The third-order valence-corrected chi connectivity index (χ3v) is 2.58. The van der Waals surface area contributed by atoms with E-state index in [1.54, 1.807) is 14.2 Å². The lowest BCUT2D eigenvalue weighted by Gasteiger charge is -2.08. The molecular weight excluding hydrogens is 216 g/mol. The SMILES string of the molecule is COc1ccc(Cc2nc(C)c[nH]2)cc1OC. The van der Waals surface area contributed by atoms with E-state index in [1.165, 1.54) is 0 Å². The molecule has 0 atom stereocenters. The van der Waals surface area contributed by atoms with Gasteiger partial charge in [0.15, 0.2) is 11.5 Å². The first-order valence-corrected chi connectivity index (χ1v) is 5.44. The third kappa shape index (κ3) is 2.58. The van der Waals surface area contributed by atoms with Crippen LogP contribution in [0.4, 0.5) is 0 Å². The average Bonchev–Trinajstić information content (AvgIpc) is 2.74. The second-order valence-electron chi connectivity index (χ2n) is 3.85. The van der Waals surface area contributed by atoms with Gasteiger partial charge in [-0.15, -0.1) is 0 Å². The van der Waals surface area contributed by atoms with Crippen LogP contribution in [0.15, 0.2) is 24.4 Å². The van der Waals surface area contributed by atoms with Crippen LogP contribution in [0.25, 0.3) is 0 Å². The largest absolute Gasteiger partial charge is 0.493 e. The van der Waals surface area contributed by atoms with Crippen LogP contribution in [0, 0.1) is 6.92 Å². The number of ether oxygens (including phenoxy) is 2. The number of imidazole rings is 1. The van der Waals surface area contributed by atoms with Crippen LogP contribution in [-0.2, 0) is 6.42 Å². The lowest BCUT2D eigenvalue weighted by atomic mass is 10.1. The van der Waals surface area contributed by atoms with Crippen LogP contribution < -0.4 is 9.47 Å². The monoisotopic (exact) mass is 232 g/mol. The van der Waals surface area contributed by atoms with Crippen molar-refractivity contribution in [3.8, 4) is 11.5 Å². The molecule has 0 aliphatic carbocycles. The topological polar surface area (TPSA) is 47.1 Å². The predicted octanol–water partition coefficient (Wildman–Crippen LogP) is 2.33. The van der Waals surface area contributed by atoms with Crippen molar-refractivity contribution >= 4 is 0 Å². The zero-order valence-electron chi connectivity index (χ0n) is 10.3. The Kier molecular flexibility index (Phi) is 3.32. The van der Waals surface area contributed by atoms with Crippen LogP contribution in [0.3, 0.4) is 0 Å². The Morgan fingerprint density at radius 1 is 1.18 bits per heavy atom. The molecule has 17 heavy (non-hydrogen) atoms. The Morgan fingerprint density at radius 2 is 1.94 bits per heavy atom. The molecule has 0 radical (unpaired) electrons. The third-order valence-electron chi connectivity index (χ3n) is 2.58. The van der Waals surface area contributed by atoms with E-state index in [0.717, 1.165) is 35.0 Å². The summed E-state index contributed by atoms with van der Waals surface area (Å²) in [6.07, 6.45) is 2.66. The Balaban J connectivity index is 2.22. The first-order valence-electron chi connectivity index (χ1n) is 5.44. The van der Waals surface area contributed by atoms with Gasteiger partial charge < -0.3 is 14.5 Å². The minimum atomic E-state index is 0.742. The molecule has 1 N–H and O–H groups in total. The van der Waals surface area contributed by atoms with E-state index >= 15 is 0 Å². The fraction of sp³-hybridized carbons (Fsp3) is 0.308. The summed E-state index contributed by atoms with van der Waals surface area (Å²) in [5.74, 6) is 2.44. The number of aromatic amines is 1. The Hall–Kier alpha value is -1.97. The molecule has 1 aromatic carbocycles. The molecule has 4 heteroatoms. The Bertz CT molecular complexity index is 506. The highest BCUT2D eigenvalue weighted by Gasteiger charge is 2.06. The molecule has 1 aromatic heterocycles. The van der Waals surface area contributed by atoms with Gasteiger partial charge >= 0.3 is 0 Å². The molecule has 4 nitrogen and oxygen atoms in total. The summed E-state index contributed by atoms with van der Waals surface area (Å²) in [5, 5.41) is 0. The number of hydrogen-bond acceptors (Lipinski definition) is 3. The molecule has 0 saturated heterocycles. The fourth-order valence-electron chi connectivity index (χ4n) is 1.74. The summed E-state index contributed by atoms with van der Waals surface area (Å²) in [5.41, 5.74) is 2.14. The summed E-state index contributed by atoms with van der Waals surface area (Å²) >= 11 is 0. The van der Waals surface area contributed by atoms with Crippen molar-refractivity contribution in [1.82, 2.24) is 9.97 Å². The predicted molar refractivity (Wildman–Crippen MR) is 65.7 cm³/mol. The molecular formula is C13H16N2O2. The Labute approximate surface area is 101 Å². The van der Waals surface area contributed by atoms with E-state index in [1.807, 2.05) is 31.3 Å². The van der Waals surface area contributed by atoms with Gasteiger partial charge in [0.05, 0.1) is 19.9 Å². The van der Waals surface area contributed by atoms with Gasteiger partial charge in [-0.25, -0.2) is 4.98 Å². The molecule has 2 aromatic rings. The smallest absolute Gasteiger partial charge is 0.161 e. The first kappa shape index (κ1) is 11.5. The second kappa shape index (κ2) is 4.91. The van der Waals surface area contributed by atoms with Crippen LogP contribution in [-0.4, -0.2) is 24.2 Å². The summed E-state index contributed by atoms with van der Waals surface area (Å²) in [4.78, 5) is 7.51. The second-order valence-corrected chi connectivity index (χ2v) is 3.85. The molecule has 2 rings (SSSR count). The highest BCUT2D eigenvalue weighted by Crippen LogP contribution is 2.28. The van der Waals surface area contributed by atoms with Crippen LogP contribution in [0.5, 0.6) is 11.5 Å². The van der Waals surface area contributed by atoms with Crippen molar-refractivity contribution < 1.29 is 9.47 Å². The number of hydrogen-bond donors (Lipinski definition) is 1. The summed E-state index contributed by atoms with van der Waals surface area (Å²) in [6, 6.07) is 5.89. The molecule has 0 spiro atoms. The Morgan fingerprint density at radius 3 is 2.53 bits per heavy atom. The van der Waals surface area contributed by atoms with Crippen LogP contribution in [0.1, 0.15) is 17.1 Å². The lowest BCUT2D eigenvalue weighted by Crippen LogP contribution is -1.95. The maximum absolute atomic E-state index is 5.26. The average molecular weight is 232 g/mol. The molecule has 0 aliphatic heterocycles. The van der Waals surface area contributed by atoms with E-state index < -0.39 is 0 Å². The number of rotatable bonds is 4. The number of benzene rings is 1. The van der Waals surface area contributed by atoms with Gasteiger partial charge in [0, 0.05) is 12.6 Å². The maximum Gasteiger partial charge on any atom is 0.161 e. The molecule has 1 heterocycles. The van der Waals surface area contributed by atoms with Crippen molar-refractivity contribution in [3.05, 3.63) is 41.5 Å². The van der Waals surface area contributed by atoms with Crippen molar-refractivity contribution in [3.63, 3.8) is 0 Å². The summed E-state index contributed by atoms with van der Waals surface area (Å²) in [6.45, 7) is 1.97. The molecule has 0 amide bonds. The van der Waals surface area contributed by atoms with Crippen LogP contribution >= 0.6 is 0 Å². The van der Waals surface area contributed by atoms with E-state index in [4.69, 9.17) is 9.47 Å². The van der Waals surface area contributed by atoms with Gasteiger partial charge in [0.25, 0.3) is 0 Å². The normalized spacial score (nSPS) is 10.3. The molecule has 0 bridgehead atoms. The maximum atomic E-state index is 5.26. The zero-order valence-corrected chi connectivity index (χ0v) is 10.3. The number of H-pyrrole nitrogens is 1. The minimum Gasteiger partial charge on any atom is -0.493 e. The summed E-state index contributed by atoms with van der Waals surface area (Å²) < 4.78 is 10.5. The number of aryl methyl sites for hydroxylation is 1. The zero-order chi connectivity index (χ0) is 12.3. The van der Waals surface area contributed by atoms with E-state index in [0.29, 0.717) is 0 Å². The number of aromatic nitrogens is 2. The molecule has 90 valence electrons. The van der Waals surface area contributed by atoms with Gasteiger partial charge in [-0.3, -0.25) is 0 Å². The highest BCUT2D eigenvalue weighted by atomic mass is 16.5. The standard InChI is InChI=1S/C13H16N2O2/c1-9-8-14-13(15-9)7-10-4-5-11(16-2)12(6-10)17-3/h4-6,8H,7H2,1-3H3,(H,14,15). The van der Waals surface area contributed by atoms with E-state index in [2.05, 4.69) is 9.97 Å². The minimum absolute atomic E-state index is 0.742. The molecule has 0 saturated carbocycles. The van der Waals surface area contributed by atoms with Crippen molar-refractivity contribution in [1.29, 1.82) is 0 Å². The lowest BCUT2D eigenvalue weighted by molar-refractivity contribution is 0.354. The van der Waals surface area contributed by atoms with Crippen LogP contribution in [0.2, 0.25) is 0 Å². The number of nitrogens with zero attached hydrogens (tertiary/aromatic N) is 1. The van der Waals surface area contributed by atoms with E-state index in [9.17, 15) is 0 Å². The number of nitrogens with one attached hydrogen (secondary N) is 1. The molecule has 0 aliphatic rings. The number of methoxy groups -OCH3 is 2. The van der Waals surface area contributed by atoms with Gasteiger partial charge in [-0.05, 0) is 24.6 Å². The van der Waals surface area contributed by atoms with E-state index in [-0.39, 0.29) is 0 Å². The van der Waals surface area contributed by atoms with Crippen molar-refractivity contribution in [2.45, 2.75) is 13.3 Å². The molecule has 0 unspecified atom stereocenters. The van der Waals surface area contributed by atoms with Gasteiger partial charge in [0.1, 0.15) is 5.82 Å². The quantitative estimate of drug-likeness (QED) is 0.880. The van der Waals surface area contributed by atoms with Crippen molar-refractivity contribution in [2.24, 2.45) is 0 Å². The summed E-state index contributed by atoms with van der Waals surface area (Å²) in [7, 11) is 3.27. The van der Waals surface area contributed by atoms with Gasteiger partial charge in [-0.2, -0.15) is 0 Å². The first-order chi connectivity index (χ1) is 8.22. The van der Waals surface area contributed by atoms with Gasteiger partial charge in [-0.1, -0.05) is 6.07 Å². The fourth-order valence-corrected chi connectivity index (χ4v) is 1.74. The van der Waals surface area contributed by atoms with Crippen molar-refractivity contribution in [2.75, 3.05) is 14.2 Å². The highest BCUT2D eigenvalue weighted by molar-refractivity contribution is 5.43. The van der Waals surface area contributed by atoms with Gasteiger partial charge in [0.2, 0.25) is 0 Å². The molecule has 0 fully saturated rings.